The second kappa shape index (κ2) is 6.78. The average Bonchev–Trinajstić information content (AvgIpc) is 2.84. The predicted octanol–water partition coefficient (Wildman–Crippen LogP) is 4.21. The summed E-state index contributed by atoms with van der Waals surface area (Å²) in [6.07, 6.45) is 4.44. The van der Waals surface area contributed by atoms with Crippen molar-refractivity contribution in [3.8, 4) is 6.07 Å². The van der Waals surface area contributed by atoms with Crippen LogP contribution < -0.4 is 5.32 Å². The molecule has 0 spiro atoms. The van der Waals surface area contributed by atoms with Gasteiger partial charge in [0.25, 0.3) is 0 Å². The van der Waals surface area contributed by atoms with E-state index in [1.807, 2.05) is 18.8 Å². The van der Waals surface area contributed by atoms with Gasteiger partial charge in [-0.15, -0.1) is 11.8 Å². The average molecular weight is 339 g/mol. The lowest BCUT2D eigenvalue weighted by Gasteiger charge is -2.28. The lowest BCUT2D eigenvalue weighted by Crippen LogP contribution is -2.44. The molecular formula is C15H19BrN2S. The standard InChI is InChI=1S/C15H19BrN2S/c1-18-15(11-17)9-2-3-12(15)8-10-19-14-6-4-13(16)5-7-14/h4-7,12,18H,2-3,8-10H2,1H3. The highest BCUT2D eigenvalue weighted by atomic mass is 79.9. The molecule has 1 fully saturated rings. The lowest BCUT2D eigenvalue weighted by atomic mass is 9.87. The zero-order valence-electron chi connectivity index (χ0n) is 11.2. The molecule has 1 aromatic rings. The third-order valence-electron chi connectivity index (χ3n) is 4.01. The molecule has 1 aliphatic carbocycles. The first-order valence-corrected chi connectivity index (χ1v) is 8.46. The number of hydrogen-bond donors (Lipinski definition) is 1. The maximum absolute atomic E-state index is 9.41. The number of thioether (sulfide) groups is 1. The molecule has 0 aliphatic heterocycles. The predicted molar refractivity (Wildman–Crippen MR) is 84.2 cm³/mol. The Labute approximate surface area is 128 Å². The molecule has 19 heavy (non-hydrogen) atoms. The number of hydrogen-bond acceptors (Lipinski definition) is 3. The van der Waals surface area contributed by atoms with Crippen LogP contribution in [-0.2, 0) is 0 Å². The van der Waals surface area contributed by atoms with Gasteiger partial charge in [-0.2, -0.15) is 5.26 Å². The highest BCUT2D eigenvalue weighted by Crippen LogP contribution is 2.38. The first kappa shape index (κ1) is 14.9. The lowest BCUT2D eigenvalue weighted by molar-refractivity contribution is 0.332. The van der Waals surface area contributed by atoms with E-state index in [0.717, 1.165) is 23.1 Å². The summed E-state index contributed by atoms with van der Waals surface area (Å²) >= 11 is 5.33. The van der Waals surface area contributed by atoms with Crippen molar-refractivity contribution in [3.05, 3.63) is 28.7 Å². The molecule has 0 aromatic heterocycles. The molecule has 0 amide bonds. The highest BCUT2D eigenvalue weighted by molar-refractivity contribution is 9.10. The van der Waals surface area contributed by atoms with Crippen molar-refractivity contribution < 1.29 is 0 Å². The first-order chi connectivity index (χ1) is 9.20. The minimum atomic E-state index is -0.278. The van der Waals surface area contributed by atoms with E-state index >= 15 is 0 Å². The molecule has 2 atom stereocenters. The van der Waals surface area contributed by atoms with Gasteiger partial charge in [-0.3, -0.25) is 0 Å². The molecule has 102 valence electrons. The minimum Gasteiger partial charge on any atom is -0.302 e. The largest absolute Gasteiger partial charge is 0.302 e. The molecule has 1 N–H and O–H groups in total. The van der Waals surface area contributed by atoms with Crippen LogP contribution in [0.15, 0.2) is 33.6 Å². The van der Waals surface area contributed by atoms with Crippen molar-refractivity contribution in [3.63, 3.8) is 0 Å². The molecule has 1 saturated carbocycles. The number of rotatable bonds is 5. The van der Waals surface area contributed by atoms with E-state index < -0.39 is 0 Å². The van der Waals surface area contributed by atoms with Gasteiger partial charge in [-0.05, 0) is 62.2 Å². The maximum atomic E-state index is 9.41. The fraction of sp³-hybridized carbons (Fsp3) is 0.533. The van der Waals surface area contributed by atoms with E-state index in [4.69, 9.17) is 0 Å². The van der Waals surface area contributed by atoms with Gasteiger partial charge in [0, 0.05) is 9.37 Å². The summed E-state index contributed by atoms with van der Waals surface area (Å²) in [6.45, 7) is 0. The number of nitrogens with one attached hydrogen (secondary N) is 1. The quantitative estimate of drug-likeness (QED) is 0.816. The Kier molecular flexibility index (Phi) is 5.32. The van der Waals surface area contributed by atoms with Crippen LogP contribution in [0.3, 0.4) is 0 Å². The Hall–Kier alpha value is -0.500. The normalized spacial score (nSPS) is 26.3. The summed E-state index contributed by atoms with van der Waals surface area (Å²) in [5, 5.41) is 12.7. The summed E-state index contributed by atoms with van der Waals surface area (Å²) in [5.41, 5.74) is -0.278. The van der Waals surface area contributed by atoms with Crippen LogP contribution >= 0.6 is 27.7 Å². The molecule has 0 saturated heterocycles. The molecule has 0 bridgehead atoms. The van der Waals surface area contributed by atoms with Gasteiger partial charge in [0.2, 0.25) is 0 Å². The Balaban J connectivity index is 1.86. The van der Waals surface area contributed by atoms with Crippen molar-refractivity contribution >= 4 is 27.7 Å². The van der Waals surface area contributed by atoms with Crippen LogP contribution in [0.25, 0.3) is 0 Å². The van der Waals surface area contributed by atoms with E-state index in [1.165, 1.54) is 17.7 Å². The second-order valence-electron chi connectivity index (χ2n) is 5.01. The summed E-state index contributed by atoms with van der Waals surface area (Å²) in [7, 11) is 1.92. The van der Waals surface area contributed by atoms with Crippen molar-refractivity contribution in [1.29, 1.82) is 5.26 Å². The van der Waals surface area contributed by atoms with Crippen LogP contribution in [0.2, 0.25) is 0 Å². The molecule has 1 aromatic carbocycles. The van der Waals surface area contributed by atoms with Crippen molar-refractivity contribution in [2.24, 2.45) is 5.92 Å². The molecule has 2 nitrogen and oxygen atoms in total. The molecule has 0 radical (unpaired) electrons. The first-order valence-electron chi connectivity index (χ1n) is 6.69. The van der Waals surface area contributed by atoms with Crippen molar-refractivity contribution in [2.45, 2.75) is 36.1 Å². The Morgan fingerprint density at radius 1 is 1.47 bits per heavy atom. The van der Waals surface area contributed by atoms with Crippen LogP contribution in [0.1, 0.15) is 25.7 Å². The van der Waals surface area contributed by atoms with Crippen molar-refractivity contribution in [1.82, 2.24) is 5.32 Å². The Morgan fingerprint density at radius 2 is 2.21 bits per heavy atom. The molecular weight excluding hydrogens is 320 g/mol. The zero-order valence-corrected chi connectivity index (χ0v) is 13.6. The summed E-state index contributed by atoms with van der Waals surface area (Å²) < 4.78 is 1.12. The minimum absolute atomic E-state index is 0.278. The fourth-order valence-corrected chi connectivity index (χ4v) is 4.08. The van der Waals surface area contributed by atoms with Crippen molar-refractivity contribution in [2.75, 3.05) is 12.8 Å². The maximum Gasteiger partial charge on any atom is 0.109 e. The van der Waals surface area contributed by atoms with Gasteiger partial charge in [0.1, 0.15) is 5.54 Å². The van der Waals surface area contributed by atoms with Crippen LogP contribution in [-0.4, -0.2) is 18.3 Å². The van der Waals surface area contributed by atoms with Gasteiger partial charge < -0.3 is 5.32 Å². The Morgan fingerprint density at radius 3 is 2.84 bits per heavy atom. The Bertz CT molecular complexity index is 454. The van der Waals surface area contributed by atoms with Gasteiger partial charge in [-0.1, -0.05) is 22.4 Å². The molecule has 0 heterocycles. The summed E-state index contributed by atoms with van der Waals surface area (Å²) in [4.78, 5) is 1.30. The van der Waals surface area contributed by atoms with E-state index in [-0.39, 0.29) is 5.54 Å². The smallest absolute Gasteiger partial charge is 0.109 e. The van der Waals surface area contributed by atoms with E-state index in [2.05, 4.69) is 51.6 Å². The number of halogens is 1. The topological polar surface area (TPSA) is 35.8 Å². The van der Waals surface area contributed by atoms with Gasteiger partial charge in [0.15, 0.2) is 0 Å². The number of nitrogens with zero attached hydrogens (tertiary/aromatic N) is 1. The molecule has 1 aliphatic rings. The molecule has 2 rings (SSSR count). The second-order valence-corrected chi connectivity index (χ2v) is 7.10. The van der Waals surface area contributed by atoms with E-state index in [1.54, 1.807) is 0 Å². The number of benzene rings is 1. The van der Waals surface area contributed by atoms with E-state index in [9.17, 15) is 5.26 Å². The third kappa shape index (κ3) is 3.53. The van der Waals surface area contributed by atoms with Crippen LogP contribution in [0.5, 0.6) is 0 Å². The third-order valence-corrected chi connectivity index (χ3v) is 5.59. The molecule has 4 heteroatoms. The van der Waals surface area contributed by atoms with Gasteiger partial charge in [0.05, 0.1) is 6.07 Å². The summed E-state index contributed by atoms with van der Waals surface area (Å²) in [5.74, 6) is 1.57. The highest BCUT2D eigenvalue weighted by Gasteiger charge is 2.41. The van der Waals surface area contributed by atoms with E-state index in [0.29, 0.717) is 5.92 Å². The van der Waals surface area contributed by atoms with Gasteiger partial charge >= 0.3 is 0 Å². The van der Waals surface area contributed by atoms with Gasteiger partial charge in [-0.25, -0.2) is 0 Å². The summed E-state index contributed by atoms with van der Waals surface area (Å²) in [6, 6.07) is 10.9. The number of nitriles is 1. The SMILES string of the molecule is CNC1(C#N)CCCC1CCSc1ccc(Br)cc1. The molecule has 2 unspecified atom stereocenters. The monoisotopic (exact) mass is 338 g/mol. The zero-order chi connectivity index (χ0) is 13.7. The van der Waals surface area contributed by atoms with Crippen LogP contribution in [0.4, 0.5) is 0 Å². The fourth-order valence-electron chi connectivity index (χ4n) is 2.85. The van der Waals surface area contributed by atoms with Crippen LogP contribution in [0, 0.1) is 17.2 Å².